The molecule has 2 N–H and O–H groups in total. The van der Waals surface area contributed by atoms with Gasteiger partial charge < -0.3 is 24.8 Å². The first-order valence-corrected chi connectivity index (χ1v) is 21.4. The number of fused-ring (bicyclic) bond motifs is 2. The number of carbonyl (C=O) groups is 3. The number of aliphatic carboxylic acids is 1. The Morgan fingerprint density at radius 2 is 1.67 bits per heavy atom. The number of pyridine rings is 1. The summed E-state index contributed by atoms with van der Waals surface area (Å²) in [4.78, 5) is 46.3. The number of carboxylic acid groups (broad SMARTS) is 1. The first-order chi connectivity index (χ1) is 30.0. The molecular weight excluding hydrogens is 856 g/mol. The first-order valence-electron chi connectivity index (χ1n) is 20.6. The molecule has 10 nitrogen and oxygen atoms in total. The van der Waals surface area contributed by atoms with Gasteiger partial charge in [0.15, 0.2) is 0 Å². The molecule has 0 unspecified atom stereocenters. The summed E-state index contributed by atoms with van der Waals surface area (Å²) in [6.07, 6.45) is -3.39. The van der Waals surface area contributed by atoms with Crippen molar-refractivity contribution in [3.05, 3.63) is 146 Å². The van der Waals surface area contributed by atoms with Crippen LogP contribution in [0.3, 0.4) is 0 Å². The molecule has 0 aliphatic carbocycles. The van der Waals surface area contributed by atoms with Crippen LogP contribution in [0.2, 0.25) is 10.0 Å². The highest BCUT2D eigenvalue weighted by Crippen LogP contribution is 2.38. The number of aromatic nitrogens is 1. The highest BCUT2D eigenvalue weighted by molar-refractivity contribution is 6.42. The summed E-state index contributed by atoms with van der Waals surface area (Å²) < 4.78 is 55.2. The van der Waals surface area contributed by atoms with Crippen molar-refractivity contribution >= 4 is 41.0 Å². The molecule has 0 radical (unpaired) electrons. The summed E-state index contributed by atoms with van der Waals surface area (Å²) in [6, 6.07) is 22.6. The maximum absolute atomic E-state index is 14.1. The van der Waals surface area contributed by atoms with E-state index in [1.807, 2.05) is 69.3 Å². The molecule has 2 amide bonds. The van der Waals surface area contributed by atoms with Crippen molar-refractivity contribution in [2.24, 2.45) is 0 Å². The Hall–Kier alpha value is -5.63. The van der Waals surface area contributed by atoms with Crippen LogP contribution in [0.1, 0.15) is 77.1 Å². The Bertz CT molecular complexity index is 2500. The number of carboxylic acids is 1. The molecule has 7 rings (SSSR count). The van der Waals surface area contributed by atoms with Crippen LogP contribution in [0.15, 0.2) is 91.1 Å². The van der Waals surface area contributed by atoms with Crippen LogP contribution < -0.4 is 14.8 Å². The zero-order valence-corrected chi connectivity index (χ0v) is 36.7. The summed E-state index contributed by atoms with van der Waals surface area (Å²) in [6.45, 7) is 6.05. The minimum Gasteiger partial charge on any atom is -0.486 e. The zero-order valence-electron chi connectivity index (χ0n) is 35.1. The van der Waals surface area contributed by atoms with Gasteiger partial charge in [0.2, 0.25) is 11.8 Å². The van der Waals surface area contributed by atoms with Crippen LogP contribution in [0.5, 0.6) is 11.5 Å². The van der Waals surface area contributed by atoms with Crippen molar-refractivity contribution in [2.75, 3.05) is 13.1 Å². The number of carbonyl (C=O) groups excluding carboxylic acids is 2. The average Bonchev–Trinajstić information content (AvgIpc) is 3.43. The molecule has 3 heterocycles. The van der Waals surface area contributed by atoms with Crippen molar-refractivity contribution in [2.45, 2.75) is 90.5 Å². The average molecular weight is 904 g/mol. The lowest BCUT2D eigenvalue weighted by atomic mass is 9.90. The van der Waals surface area contributed by atoms with Crippen molar-refractivity contribution < 1.29 is 42.1 Å². The highest BCUT2D eigenvalue weighted by atomic mass is 35.5. The van der Waals surface area contributed by atoms with E-state index in [9.17, 15) is 32.7 Å². The van der Waals surface area contributed by atoms with Gasteiger partial charge in [0.25, 0.3) is 0 Å². The molecule has 0 fully saturated rings. The Labute approximate surface area is 373 Å². The van der Waals surface area contributed by atoms with E-state index in [2.05, 4.69) is 10.3 Å². The highest BCUT2D eigenvalue weighted by Gasteiger charge is 2.41. The predicted octanol–water partition coefficient (Wildman–Crippen LogP) is 9.79. The number of nitrogens with one attached hydrogen (secondary N) is 1. The number of ether oxygens (including phenoxy) is 2. The minimum absolute atomic E-state index is 0.0844. The maximum atomic E-state index is 14.1. The second kappa shape index (κ2) is 19.0. The maximum Gasteiger partial charge on any atom is 0.401 e. The van der Waals surface area contributed by atoms with E-state index in [1.165, 1.54) is 6.92 Å². The molecule has 63 heavy (non-hydrogen) atoms. The molecule has 15 heteroatoms. The molecule has 2 aliphatic rings. The lowest BCUT2D eigenvalue weighted by Gasteiger charge is -2.37. The zero-order chi connectivity index (χ0) is 45.2. The fourth-order valence-corrected chi connectivity index (χ4v) is 8.49. The fourth-order valence-electron chi connectivity index (χ4n) is 8.19. The second-order valence-corrected chi connectivity index (χ2v) is 16.9. The largest absolute Gasteiger partial charge is 0.486 e. The molecule has 0 saturated carbocycles. The summed E-state index contributed by atoms with van der Waals surface area (Å²) in [5.41, 5.74) is 7.81. The molecule has 5 aromatic rings. The number of hydrogen-bond donors (Lipinski definition) is 2. The Kier molecular flexibility index (Phi) is 13.7. The Morgan fingerprint density at radius 3 is 2.32 bits per heavy atom. The Morgan fingerprint density at radius 1 is 0.937 bits per heavy atom. The van der Waals surface area contributed by atoms with Crippen LogP contribution in [-0.2, 0) is 40.3 Å². The summed E-state index contributed by atoms with van der Waals surface area (Å²) in [5.74, 6) is -1.34. The topological polar surface area (TPSA) is 121 Å². The van der Waals surface area contributed by atoms with Gasteiger partial charge >= 0.3 is 12.1 Å². The molecule has 0 bridgehead atoms. The van der Waals surface area contributed by atoms with Crippen LogP contribution in [0.25, 0.3) is 11.1 Å². The van der Waals surface area contributed by atoms with Crippen LogP contribution in [-0.4, -0.2) is 69.0 Å². The van der Waals surface area contributed by atoms with Gasteiger partial charge in [-0.25, -0.2) is 4.79 Å². The number of halogens is 5. The Balaban J connectivity index is 1.10. The fraction of sp³-hybridized carbons (Fsp3) is 0.333. The molecule has 2 aliphatic heterocycles. The quantitative estimate of drug-likeness (QED) is 0.127. The van der Waals surface area contributed by atoms with Crippen molar-refractivity contribution in [3.63, 3.8) is 0 Å². The second-order valence-electron chi connectivity index (χ2n) is 16.1. The van der Waals surface area contributed by atoms with E-state index in [0.717, 1.165) is 38.4 Å². The number of aryl methyl sites for hydroxylation is 1. The number of amides is 2. The number of alkyl halides is 3. The van der Waals surface area contributed by atoms with E-state index in [1.54, 1.807) is 47.5 Å². The van der Waals surface area contributed by atoms with Crippen molar-refractivity contribution in [3.8, 4) is 22.6 Å². The lowest BCUT2D eigenvalue weighted by Crippen LogP contribution is -2.56. The van der Waals surface area contributed by atoms with Crippen molar-refractivity contribution in [1.29, 1.82) is 0 Å². The molecule has 1 aromatic heterocycles. The number of hydrogen-bond acceptors (Lipinski definition) is 7. The van der Waals surface area contributed by atoms with Gasteiger partial charge in [-0.15, -0.1) is 0 Å². The first kappa shape index (κ1) is 45.4. The van der Waals surface area contributed by atoms with Crippen LogP contribution in [0, 0.1) is 13.8 Å². The van der Waals surface area contributed by atoms with Gasteiger partial charge in [0.1, 0.15) is 29.7 Å². The molecule has 4 aromatic carbocycles. The van der Waals surface area contributed by atoms with E-state index in [4.69, 9.17) is 32.7 Å². The van der Waals surface area contributed by atoms with E-state index in [-0.39, 0.29) is 44.5 Å². The molecule has 0 saturated heterocycles. The lowest BCUT2D eigenvalue weighted by molar-refractivity contribution is -0.158. The predicted molar refractivity (Wildman–Crippen MR) is 234 cm³/mol. The van der Waals surface area contributed by atoms with Gasteiger partial charge in [0.05, 0.1) is 29.2 Å². The number of rotatable bonds is 12. The third-order valence-electron chi connectivity index (χ3n) is 11.7. The van der Waals surface area contributed by atoms with Crippen molar-refractivity contribution in [1.82, 2.24) is 20.1 Å². The van der Waals surface area contributed by atoms with Crippen LogP contribution >= 0.6 is 23.2 Å². The van der Waals surface area contributed by atoms with Gasteiger partial charge in [-0.2, -0.15) is 13.2 Å². The van der Waals surface area contributed by atoms with Crippen LogP contribution in [0.4, 0.5) is 13.2 Å². The van der Waals surface area contributed by atoms with E-state index in [0.29, 0.717) is 50.2 Å². The van der Waals surface area contributed by atoms with Gasteiger partial charge in [-0.3, -0.25) is 19.5 Å². The molecular formula is C48H47Cl2F3N4O6. The monoisotopic (exact) mass is 902 g/mol. The third-order valence-corrected chi connectivity index (χ3v) is 12.5. The third kappa shape index (κ3) is 10.8. The number of benzene rings is 4. The molecule has 0 spiro atoms. The van der Waals surface area contributed by atoms with Gasteiger partial charge in [-0.1, -0.05) is 72.6 Å². The normalized spacial score (nSPS) is 17.4. The molecule has 330 valence electrons. The number of nitrogens with zero attached hydrogens (tertiary/aromatic N) is 3. The molecule has 4 atom stereocenters. The summed E-state index contributed by atoms with van der Waals surface area (Å²) in [5, 5.41) is 13.6. The minimum atomic E-state index is -4.65. The summed E-state index contributed by atoms with van der Waals surface area (Å²) >= 11 is 12.4. The van der Waals surface area contributed by atoms with E-state index >= 15 is 0 Å². The van der Waals surface area contributed by atoms with Gasteiger partial charge in [0, 0.05) is 43.9 Å². The smallest absolute Gasteiger partial charge is 0.401 e. The standard InChI is InChI=1S/C48H47Cl2F3N4O6/c1-5-43(33-12-15-39(49)40(50)20-33)62-37-13-10-32(11-14-37)45-25-56(29(4)58)24-36-19-34-21-42(57(26-48(51,52)53)23-35(34)22-44(36)63-45)46(59)55-41(47(60)61)18-30-6-8-31(9-7-30)38-16-17-54-28(3)27(38)2/h6-17,19-20,22,41-43,45H,5,18,21,23-26H2,1-4H3,(H,55,59)(H,60,61)/t41-,42-,43+,45+/m0/s1. The SMILES string of the molecule is CC[C@@H](Oc1ccc([C@H]2CN(C(C)=O)Cc3cc4c(cc3O2)CN(CC(F)(F)F)[C@H](C(=O)N[C@@H](Cc2ccc(-c3ccnc(C)c3C)cc2)C(=O)O)C4)cc1)c1ccc(Cl)c(Cl)c1. The van der Waals surface area contributed by atoms with Gasteiger partial charge in [-0.05, 0) is 114 Å². The summed E-state index contributed by atoms with van der Waals surface area (Å²) in [7, 11) is 0. The van der Waals surface area contributed by atoms with E-state index < -0.39 is 42.8 Å².